The lowest BCUT2D eigenvalue weighted by Gasteiger charge is -2.00. The topological polar surface area (TPSA) is 52.6 Å². The molecule has 1 aliphatic rings. The van der Waals surface area contributed by atoms with E-state index in [0.29, 0.717) is 25.9 Å². The molecular weight excluding hydrogens is 172 g/mol. The first-order valence-corrected chi connectivity index (χ1v) is 4.25. The minimum atomic E-state index is -0.251. The Morgan fingerprint density at radius 3 is 3.00 bits per heavy atom. The van der Waals surface area contributed by atoms with E-state index in [-0.39, 0.29) is 11.9 Å². The second-order valence-electron chi connectivity index (χ2n) is 2.75. The van der Waals surface area contributed by atoms with Crippen LogP contribution in [0, 0.1) is 0 Å². The summed E-state index contributed by atoms with van der Waals surface area (Å²) in [4.78, 5) is 21.5. The average Bonchev–Trinajstić information content (AvgIpc) is 2.49. The number of carbonyl (C=O) groups is 2. The summed E-state index contributed by atoms with van der Waals surface area (Å²) < 4.78 is 9.34. The van der Waals surface area contributed by atoms with Crippen LogP contribution in [-0.4, -0.2) is 18.5 Å². The molecule has 0 saturated carbocycles. The van der Waals surface area contributed by atoms with E-state index < -0.39 is 0 Å². The van der Waals surface area contributed by atoms with E-state index >= 15 is 0 Å². The van der Waals surface area contributed by atoms with Gasteiger partial charge in [0.1, 0.15) is 0 Å². The zero-order chi connectivity index (χ0) is 9.68. The lowest BCUT2D eigenvalue weighted by Crippen LogP contribution is -2.03. The fraction of sp³-hybridized carbons (Fsp3) is 0.556. The molecule has 13 heavy (non-hydrogen) atoms. The molecular formula is C9H12O4. The lowest BCUT2D eigenvalue weighted by molar-refractivity contribution is -0.143. The zero-order valence-corrected chi connectivity index (χ0v) is 7.54. The summed E-state index contributed by atoms with van der Waals surface area (Å²) in [5, 5.41) is 0. The maximum Gasteiger partial charge on any atom is 0.314 e. The monoisotopic (exact) mass is 184 g/mol. The van der Waals surface area contributed by atoms with Gasteiger partial charge >= 0.3 is 11.9 Å². The Bertz CT molecular complexity index is 242. The van der Waals surface area contributed by atoms with Crippen LogP contribution in [0.5, 0.6) is 0 Å². The number of ether oxygens (including phenoxy) is 2. The molecule has 0 saturated heterocycles. The molecule has 0 bridgehead atoms. The molecule has 1 heterocycles. The van der Waals surface area contributed by atoms with Gasteiger partial charge in [0.15, 0.2) is 0 Å². The van der Waals surface area contributed by atoms with Crippen molar-refractivity contribution in [2.75, 3.05) is 6.61 Å². The van der Waals surface area contributed by atoms with Crippen LogP contribution in [0.15, 0.2) is 11.8 Å². The first-order chi connectivity index (χ1) is 6.22. The van der Waals surface area contributed by atoms with Crippen molar-refractivity contribution in [3.05, 3.63) is 11.8 Å². The van der Waals surface area contributed by atoms with Crippen molar-refractivity contribution >= 4 is 11.9 Å². The van der Waals surface area contributed by atoms with Crippen molar-refractivity contribution < 1.29 is 19.1 Å². The summed E-state index contributed by atoms with van der Waals surface area (Å²) in [5.41, 5.74) is 0.859. The molecule has 0 unspecified atom stereocenters. The average molecular weight is 184 g/mol. The van der Waals surface area contributed by atoms with Gasteiger partial charge in [-0.15, -0.1) is 0 Å². The van der Waals surface area contributed by atoms with E-state index in [4.69, 9.17) is 4.74 Å². The van der Waals surface area contributed by atoms with Gasteiger partial charge in [-0.25, -0.2) is 0 Å². The van der Waals surface area contributed by atoms with Crippen molar-refractivity contribution in [3.8, 4) is 0 Å². The third kappa shape index (κ3) is 3.27. The van der Waals surface area contributed by atoms with Gasteiger partial charge in [-0.2, -0.15) is 0 Å². The molecule has 0 amide bonds. The van der Waals surface area contributed by atoms with E-state index in [2.05, 4.69) is 4.74 Å². The standard InChI is InChI=1S/C9H12O4/c1-2-12-8(10)4-3-7-5-9(11)13-6-7/h6H,2-5H2,1H3. The van der Waals surface area contributed by atoms with Crippen LogP contribution in [0.3, 0.4) is 0 Å². The predicted molar refractivity (Wildman–Crippen MR) is 44.7 cm³/mol. The van der Waals surface area contributed by atoms with Crippen molar-refractivity contribution in [2.45, 2.75) is 26.2 Å². The fourth-order valence-electron chi connectivity index (χ4n) is 1.06. The van der Waals surface area contributed by atoms with Crippen LogP contribution in [0.4, 0.5) is 0 Å². The highest BCUT2D eigenvalue weighted by atomic mass is 16.5. The molecule has 0 aliphatic carbocycles. The van der Waals surface area contributed by atoms with Crippen LogP contribution in [0.25, 0.3) is 0 Å². The molecule has 0 aromatic heterocycles. The van der Waals surface area contributed by atoms with Crippen molar-refractivity contribution in [1.29, 1.82) is 0 Å². The van der Waals surface area contributed by atoms with Gasteiger partial charge in [0, 0.05) is 6.42 Å². The largest absolute Gasteiger partial charge is 0.466 e. The second-order valence-corrected chi connectivity index (χ2v) is 2.75. The highest BCUT2D eigenvalue weighted by Gasteiger charge is 2.15. The summed E-state index contributed by atoms with van der Waals surface area (Å²) >= 11 is 0. The van der Waals surface area contributed by atoms with Crippen molar-refractivity contribution in [1.82, 2.24) is 0 Å². The number of esters is 2. The fourth-order valence-corrected chi connectivity index (χ4v) is 1.06. The second kappa shape index (κ2) is 4.64. The Hall–Kier alpha value is -1.32. The number of hydrogen-bond donors (Lipinski definition) is 0. The van der Waals surface area contributed by atoms with Gasteiger partial charge in [0.25, 0.3) is 0 Å². The normalized spacial score (nSPS) is 15.2. The summed E-state index contributed by atoms with van der Waals surface area (Å²) in [6, 6.07) is 0. The molecule has 0 radical (unpaired) electrons. The number of cyclic esters (lactones) is 1. The Balaban J connectivity index is 2.19. The first kappa shape index (κ1) is 9.77. The predicted octanol–water partition coefficient (Wildman–Crippen LogP) is 1.16. The van der Waals surface area contributed by atoms with Crippen LogP contribution < -0.4 is 0 Å². The summed E-state index contributed by atoms with van der Waals surface area (Å²) in [5.74, 6) is -0.485. The van der Waals surface area contributed by atoms with Crippen molar-refractivity contribution in [2.24, 2.45) is 0 Å². The lowest BCUT2D eigenvalue weighted by atomic mass is 10.1. The quantitative estimate of drug-likeness (QED) is 0.615. The van der Waals surface area contributed by atoms with E-state index in [9.17, 15) is 9.59 Å². The van der Waals surface area contributed by atoms with E-state index in [0.717, 1.165) is 5.57 Å². The Labute approximate surface area is 76.5 Å². The molecule has 1 aliphatic heterocycles. The van der Waals surface area contributed by atoms with Gasteiger partial charge in [-0.3, -0.25) is 9.59 Å². The third-order valence-corrected chi connectivity index (χ3v) is 1.68. The zero-order valence-electron chi connectivity index (χ0n) is 7.54. The van der Waals surface area contributed by atoms with Crippen LogP contribution in [-0.2, 0) is 19.1 Å². The molecule has 0 atom stereocenters. The molecule has 1 rings (SSSR count). The smallest absolute Gasteiger partial charge is 0.314 e. The Kier molecular flexibility index (Phi) is 3.49. The van der Waals surface area contributed by atoms with Crippen LogP contribution in [0.1, 0.15) is 26.2 Å². The number of hydrogen-bond acceptors (Lipinski definition) is 4. The van der Waals surface area contributed by atoms with Gasteiger partial charge in [0.05, 0.1) is 19.3 Å². The minimum Gasteiger partial charge on any atom is -0.466 e. The van der Waals surface area contributed by atoms with Gasteiger partial charge in [-0.1, -0.05) is 0 Å². The molecule has 0 aromatic rings. The van der Waals surface area contributed by atoms with E-state index in [1.807, 2.05) is 0 Å². The molecule has 72 valence electrons. The first-order valence-electron chi connectivity index (χ1n) is 4.25. The highest BCUT2D eigenvalue weighted by molar-refractivity contribution is 5.76. The molecule has 4 nitrogen and oxygen atoms in total. The molecule has 0 fully saturated rings. The molecule has 0 N–H and O–H groups in total. The Morgan fingerprint density at radius 2 is 2.46 bits per heavy atom. The van der Waals surface area contributed by atoms with Gasteiger partial charge in [-0.05, 0) is 18.9 Å². The van der Waals surface area contributed by atoms with Crippen molar-refractivity contribution in [3.63, 3.8) is 0 Å². The minimum absolute atomic E-state index is 0.234. The SMILES string of the molecule is CCOC(=O)CCC1=COC(=O)C1. The maximum atomic E-state index is 10.9. The summed E-state index contributed by atoms with van der Waals surface area (Å²) in [6.07, 6.45) is 2.59. The number of carbonyl (C=O) groups excluding carboxylic acids is 2. The van der Waals surface area contributed by atoms with Gasteiger partial charge < -0.3 is 9.47 Å². The molecule has 4 heteroatoms. The molecule has 0 aromatic carbocycles. The van der Waals surface area contributed by atoms with E-state index in [1.54, 1.807) is 6.92 Å². The maximum absolute atomic E-state index is 10.9. The third-order valence-electron chi connectivity index (χ3n) is 1.68. The summed E-state index contributed by atoms with van der Waals surface area (Å²) in [6.45, 7) is 2.16. The highest BCUT2D eigenvalue weighted by Crippen LogP contribution is 2.17. The Morgan fingerprint density at radius 1 is 1.69 bits per heavy atom. The van der Waals surface area contributed by atoms with Gasteiger partial charge in [0.2, 0.25) is 0 Å². The molecule has 0 spiro atoms. The number of rotatable bonds is 4. The summed E-state index contributed by atoms with van der Waals surface area (Å²) in [7, 11) is 0. The van der Waals surface area contributed by atoms with Crippen LogP contribution >= 0.6 is 0 Å². The van der Waals surface area contributed by atoms with Crippen LogP contribution in [0.2, 0.25) is 0 Å². The van der Waals surface area contributed by atoms with E-state index in [1.165, 1.54) is 6.26 Å².